The number of benzene rings is 1. The Labute approximate surface area is 134 Å². The Kier molecular flexibility index (Phi) is 5.22. The molecular weight excluding hydrogens is 344 g/mol. The second-order valence-electron chi connectivity index (χ2n) is 4.50. The van der Waals surface area contributed by atoms with E-state index in [0.29, 0.717) is 5.69 Å². The fourth-order valence-electron chi connectivity index (χ4n) is 1.85. The number of hydrogen-bond donors (Lipinski definition) is 1. The molecule has 0 radical (unpaired) electrons. The topological polar surface area (TPSA) is 83.6 Å². The van der Waals surface area contributed by atoms with Crippen molar-refractivity contribution in [3.63, 3.8) is 0 Å². The highest BCUT2D eigenvalue weighted by Crippen LogP contribution is 2.17. The van der Waals surface area contributed by atoms with Crippen LogP contribution in [0.15, 0.2) is 52.1 Å². The molecule has 0 spiro atoms. The van der Waals surface area contributed by atoms with Crippen LogP contribution in [0, 0.1) is 0 Å². The third-order valence-electron chi connectivity index (χ3n) is 2.81. The average molecular weight is 360 g/mol. The van der Waals surface area contributed by atoms with E-state index in [-0.39, 0.29) is 17.3 Å². The Hall–Kier alpha value is -1.42. The van der Waals surface area contributed by atoms with Crippen molar-refractivity contribution in [3.8, 4) is 0 Å². The van der Waals surface area contributed by atoms with E-state index < -0.39 is 20.0 Å². The van der Waals surface area contributed by atoms with Gasteiger partial charge in [0.05, 0.1) is 11.9 Å². The largest absolute Gasteiger partial charge is 0.269 e. The van der Waals surface area contributed by atoms with Gasteiger partial charge in [-0.25, -0.2) is 21.6 Å². The zero-order valence-electron chi connectivity index (χ0n) is 11.8. The van der Waals surface area contributed by atoms with Crippen LogP contribution in [0.5, 0.6) is 0 Å². The molecule has 0 saturated heterocycles. The van der Waals surface area contributed by atoms with Crippen LogP contribution in [0.3, 0.4) is 0 Å². The highest BCUT2D eigenvalue weighted by Gasteiger charge is 2.19. The minimum atomic E-state index is -3.59. The number of rotatable bonds is 7. The summed E-state index contributed by atoms with van der Waals surface area (Å²) in [7, 11) is -7.08. The van der Waals surface area contributed by atoms with E-state index in [1.807, 2.05) is 0 Å². The van der Waals surface area contributed by atoms with Crippen LogP contribution in [0.4, 0.5) is 5.69 Å². The van der Waals surface area contributed by atoms with E-state index in [1.165, 1.54) is 10.4 Å². The van der Waals surface area contributed by atoms with E-state index in [2.05, 4.69) is 4.72 Å². The minimum Gasteiger partial charge on any atom is -0.269 e. The summed E-state index contributed by atoms with van der Waals surface area (Å²) in [4.78, 5) is 0. The zero-order chi connectivity index (χ0) is 16.2. The molecule has 0 saturated carbocycles. The molecule has 0 aliphatic rings. The maximum absolute atomic E-state index is 12.0. The number of nitrogens with one attached hydrogen (secondary N) is 1. The summed E-state index contributed by atoms with van der Waals surface area (Å²) < 4.78 is 51.5. The zero-order valence-corrected chi connectivity index (χ0v) is 14.3. The number of sulfonamides is 2. The monoisotopic (exact) mass is 360 g/mol. The van der Waals surface area contributed by atoms with Gasteiger partial charge in [0, 0.05) is 13.1 Å². The fraction of sp³-hybridized carbons (Fsp3) is 0.231. The van der Waals surface area contributed by atoms with Crippen LogP contribution < -0.4 is 9.03 Å². The van der Waals surface area contributed by atoms with Crippen molar-refractivity contribution in [2.75, 3.05) is 23.7 Å². The lowest BCUT2D eigenvalue weighted by molar-refractivity contribution is 0.580. The van der Waals surface area contributed by atoms with Gasteiger partial charge in [-0.1, -0.05) is 24.3 Å². The van der Waals surface area contributed by atoms with Crippen LogP contribution in [0.2, 0.25) is 0 Å². The van der Waals surface area contributed by atoms with Gasteiger partial charge in [0.25, 0.3) is 0 Å². The van der Waals surface area contributed by atoms with E-state index in [9.17, 15) is 16.8 Å². The first-order chi connectivity index (χ1) is 10.3. The van der Waals surface area contributed by atoms with E-state index >= 15 is 0 Å². The van der Waals surface area contributed by atoms with Crippen molar-refractivity contribution in [2.45, 2.75) is 4.21 Å². The smallest absolute Gasteiger partial charge is 0.250 e. The highest BCUT2D eigenvalue weighted by molar-refractivity contribution is 7.92. The number of anilines is 1. The van der Waals surface area contributed by atoms with Crippen molar-refractivity contribution >= 4 is 37.1 Å². The Bertz CT molecular complexity index is 800. The van der Waals surface area contributed by atoms with Gasteiger partial charge in [-0.3, -0.25) is 4.31 Å². The number of para-hydroxylation sites is 1. The summed E-state index contributed by atoms with van der Waals surface area (Å²) in [5, 5.41) is 1.67. The fourth-order valence-corrected chi connectivity index (χ4v) is 4.84. The summed E-state index contributed by atoms with van der Waals surface area (Å²) in [5.41, 5.74) is 0.500. The molecule has 1 aromatic heterocycles. The molecule has 0 unspecified atom stereocenters. The van der Waals surface area contributed by atoms with Crippen LogP contribution >= 0.6 is 11.3 Å². The summed E-state index contributed by atoms with van der Waals surface area (Å²) in [6.07, 6.45) is 1.09. The normalized spacial score (nSPS) is 12.2. The molecule has 0 bridgehead atoms. The standard InChI is InChI=1S/C13H16N2O4S3/c1-21(16,17)15(12-6-3-2-4-7-12)10-9-14-22(18,19)13-8-5-11-20-13/h2-8,11,14H,9-10H2,1H3. The molecule has 9 heteroatoms. The molecule has 2 aromatic rings. The Balaban J connectivity index is 2.08. The summed E-state index contributed by atoms with van der Waals surface area (Å²) in [5.74, 6) is 0. The maximum Gasteiger partial charge on any atom is 0.250 e. The maximum atomic E-state index is 12.0. The first-order valence-corrected chi connectivity index (χ1v) is 10.6. The first kappa shape index (κ1) is 16.9. The molecule has 0 aliphatic heterocycles. The van der Waals surface area contributed by atoms with Crippen molar-refractivity contribution in [3.05, 3.63) is 47.8 Å². The predicted molar refractivity (Wildman–Crippen MR) is 88.1 cm³/mol. The lowest BCUT2D eigenvalue weighted by Crippen LogP contribution is -2.38. The van der Waals surface area contributed by atoms with Crippen LogP contribution in [0.25, 0.3) is 0 Å². The lowest BCUT2D eigenvalue weighted by Gasteiger charge is -2.22. The van der Waals surface area contributed by atoms with Crippen molar-refractivity contribution < 1.29 is 16.8 Å². The van der Waals surface area contributed by atoms with Crippen molar-refractivity contribution in [1.29, 1.82) is 0 Å². The second kappa shape index (κ2) is 6.78. The SMILES string of the molecule is CS(=O)(=O)N(CCNS(=O)(=O)c1cccs1)c1ccccc1. The predicted octanol–water partition coefficient (Wildman–Crippen LogP) is 1.49. The quantitative estimate of drug-likeness (QED) is 0.811. The average Bonchev–Trinajstić information content (AvgIpc) is 2.98. The Morgan fingerprint density at radius 3 is 2.27 bits per heavy atom. The van der Waals surface area contributed by atoms with Gasteiger partial charge in [0.2, 0.25) is 20.0 Å². The third-order valence-corrected chi connectivity index (χ3v) is 6.86. The molecule has 22 heavy (non-hydrogen) atoms. The molecule has 0 aliphatic carbocycles. The van der Waals surface area contributed by atoms with Crippen molar-refractivity contribution in [2.24, 2.45) is 0 Å². The molecule has 1 N–H and O–H groups in total. The van der Waals surface area contributed by atoms with E-state index in [0.717, 1.165) is 17.6 Å². The molecule has 1 heterocycles. The van der Waals surface area contributed by atoms with E-state index in [1.54, 1.807) is 41.8 Å². The van der Waals surface area contributed by atoms with Crippen LogP contribution in [-0.4, -0.2) is 36.2 Å². The minimum absolute atomic E-state index is 0.0117. The summed E-state index contributed by atoms with van der Waals surface area (Å²) in [6.45, 7) is 0.00957. The number of nitrogens with zero attached hydrogens (tertiary/aromatic N) is 1. The van der Waals surface area contributed by atoms with Gasteiger partial charge in [-0.05, 0) is 23.6 Å². The Morgan fingerprint density at radius 1 is 1.05 bits per heavy atom. The molecule has 0 fully saturated rings. The number of thiophene rings is 1. The summed E-state index contributed by atoms with van der Waals surface area (Å²) >= 11 is 1.11. The second-order valence-corrected chi connectivity index (χ2v) is 9.35. The van der Waals surface area contributed by atoms with Gasteiger partial charge in [-0.15, -0.1) is 11.3 Å². The summed E-state index contributed by atoms with van der Waals surface area (Å²) in [6, 6.07) is 11.7. The van der Waals surface area contributed by atoms with Gasteiger partial charge >= 0.3 is 0 Å². The molecular formula is C13H16N2O4S3. The van der Waals surface area contributed by atoms with E-state index in [4.69, 9.17) is 0 Å². The lowest BCUT2D eigenvalue weighted by atomic mass is 10.3. The van der Waals surface area contributed by atoms with Crippen LogP contribution in [0.1, 0.15) is 0 Å². The Morgan fingerprint density at radius 2 is 1.73 bits per heavy atom. The third kappa shape index (κ3) is 4.29. The molecule has 0 amide bonds. The first-order valence-electron chi connectivity index (χ1n) is 6.36. The van der Waals surface area contributed by atoms with Gasteiger partial charge in [0.1, 0.15) is 4.21 Å². The van der Waals surface area contributed by atoms with Gasteiger partial charge in [-0.2, -0.15) is 0 Å². The number of hydrogen-bond acceptors (Lipinski definition) is 5. The molecule has 120 valence electrons. The molecule has 0 atom stereocenters. The van der Waals surface area contributed by atoms with Crippen molar-refractivity contribution in [1.82, 2.24) is 4.72 Å². The highest BCUT2D eigenvalue weighted by atomic mass is 32.2. The molecule has 1 aromatic carbocycles. The van der Waals surface area contributed by atoms with Gasteiger partial charge < -0.3 is 0 Å². The van der Waals surface area contributed by atoms with Crippen LogP contribution in [-0.2, 0) is 20.0 Å². The molecule has 6 nitrogen and oxygen atoms in total. The molecule has 2 rings (SSSR count). The van der Waals surface area contributed by atoms with Gasteiger partial charge in [0.15, 0.2) is 0 Å².